The summed E-state index contributed by atoms with van der Waals surface area (Å²) >= 11 is 0. The third-order valence-corrected chi connectivity index (χ3v) is 1.62. The number of rotatable bonds is 2. The van der Waals surface area contributed by atoms with Gasteiger partial charge in [0.25, 0.3) is 5.56 Å². The van der Waals surface area contributed by atoms with Crippen molar-refractivity contribution in [1.82, 2.24) is 4.57 Å². The Labute approximate surface area is 65.5 Å². The van der Waals surface area contributed by atoms with E-state index in [2.05, 4.69) is 0 Å². The predicted molar refractivity (Wildman–Crippen MR) is 44.3 cm³/mol. The van der Waals surface area contributed by atoms with Gasteiger partial charge in [-0.05, 0) is 12.5 Å². The van der Waals surface area contributed by atoms with E-state index in [9.17, 15) is 4.79 Å². The Morgan fingerprint density at radius 2 is 2.27 bits per heavy atom. The van der Waals surface area contributed by atoms with E-state index in [1.54, 1.807) is 22.9 Å². The molecule has 0 aliphatic carbocycles. The lowest BCUT2D eigenvalue weighted by atomic mass is 10.3. The summed E-state index contributed by atoms with van der Waals surface area (Å²) in [6, 6.07) is 3.31. The zero-order valence-electron chi connectivity index (χ0n) is 6.58. The molecule has 0 spiro atoms. The second kappa shape index (κ2) is 3.34. The molecular weight excluding hydrogens is 140 g/mol. The molecule has 1 rings (SSSR count). The molecule has 0 saturated carbocycles. The molecule has 0 unspecified atom stereocenters. The van der Waals surface area contributed by atoms with Crippen LogP contribution in [0.25, 0.3) is 0 Å². The quantitative estimate of drug-likeness (QED) is 0.663. The summed E-state index contributed by atoms with van der Waals surface area (Å²) in [4.78, 5) is 11.0. The number of aryl methyl sites for hydroxylation is 1. The van der Waals surface area contributed by atoms with Gasteiger partial charge in [-0.1, -0.05) is 6.07 Å². The maximum atomic E-state index is 11.0. The molecule has 0 radical (unpaired) electrons. The van der Waals surface area contributed by atoms with Crippen molar-refractivity contribution >= 4 is 0 Å². The third kappa shape index (κ3) is 1.68. The van der Waals surface area contributed by atoms with Gasteiger partial charge in [0, 0.05) is 25.4 Å². The Balaban J connectivity index is 3.13. The number of hydrogen-bond donors (Lipinski definition) is 1. The topological polar surface area (TPSA) is 48.0 Å². The van der Waals surface area contributed by atoms with Crippen LogP contribution >= 0.6 is 0 Å². The van der Waals surface area contributed by atoms with Crippen LogP contribution in [0, 0.1) is 0 Å². The van der Waals surface area contributed by atoms with Crippen molar-refractivity contribution in [2.24, 2.45) is 5.73 Å². The molecule has 0 saturated heterocycles. The minimum Gasteiger partial charge on any atom is -0.326 e. The van der Waals surface area contributed by atoms with E-state index >= 15 is 0 Å². The van der Waals surface area contributed by atoms with Crippen LogP contribution in [0.3, 0.4) is 0 Å². The summed E-state index contributed by atoms with van der Waals surface area (Å²) < 4.78 is 1.64. The fraction of sp³-hybridized carbons (Fsp3) is 0.375. The molecule has 1 aromatic rings. The van der Waals surface area contributed by atoms with E-state index in [4.69, 9.17) is 5.73 Å². The monoisotopic (exact) mass is 152 g/mol. The zero-order valence-corrected chi connectivity index (χ0v) is 6.58. The molecule has 11 heavy (non-hydrogen) atoms. The van der Waals surface area contributed by atoms with E-state index in [0.717, 1.165) is 5.56 Å². The molecule has 3 heteroatoms. The molecule has 60 valence electrons. The fourth-order valence-electron chi connectivity index (χ4n) is 0.949. The number of nitrogens with zero attached hydrogens (tertiary/aromatic N) is 1. The lowest BCUT2D eigenvalue weighted by Crippen LogP contribution is -2.18. The molecule has 1 heterocycles. The Morgan fingerprint density at radius 1 is 1.55 bits per heavy atom. The van der Waals surface area contributed by atoms with E-state index < -0.39 is 0 Å². The number of aromatic nitrogens is 1. The highest BCUT2D eigenvalue weighted by atomic mass is 16.1. The largest absolute Gasteiger partial charge is 0.326 e. The van der Waals surface area contributed by atoms with Crippen molar-refractivity contribution in [3.8, 4) is 0 Å². The maximum Gasteiger partial charge on any atom is 0.250 e. The Morgan fingerprint density at radius 3 is 2.82 bits per heavy atom. The Bertz CT molecular complexity index is 290. The lowest BCUT2D eigenvalue weighted by Gasteiger charge is -2.02. The lowest BCUT2D eigenvalue weighted by molar-refractivity contribution is 0.718. The molecule has 3 nitrogen and oxygen atoms in total. The first-order valence-electron chi connectivity index (χ1n) is 3.67. The van der Waals surface area contributed by atoms with Crippen LogP contribution in [0.2, 0.25) is 0 Å². The predicted octanol–water partition coefficient (Wildman–Crippen LogP) is 0.327. The maximum absolute atomic E-state index is 11.0. The van der Waals surface area contributed by atoms with Gasteiger partial charge in [0.1, 0.15) is 0 Å². The number of nitrogens with two attached hydrogens (primary N) is 1. The third-order valence-electron chi connectivity index (χ3n) is 1.62. The minimum atomic E-state index is 0.0321. The van der Waals surface area contributed by atoms with Gasteiger partial charge in [-0.25, -0.2) is 0 Å². The van der Waals surface area contributed by atoms with Crippen molar-refractivity contribution in [2.45, 2.75) is 20.0 Å². The molecule has 2 N–H and O–H groups in total. The molecule has 0 aliphatic rings. The van der Waals surface area contributed by atoms with Crippen molar-refractivity contribution in [3.05, 3.63) is 34.2 Å². The summed E-state index contributed by atoms with van der Waals surface area (Å²) in [7, 11) is 0. The van der Waals surface area contributed by atoms with Gasteiger partial charge in [-0.15, -0.1) is 0 Å². The number of hydrogen-bond acceptors (Lipinski definition) is 2. The Hall–Kier alpha value is -1.09. The average molecular weight is 152 g/mol. The van der Waals surface area contributed by atoms with Crippen LogP contribution in [-0.2, 0) is 13.1 Å². The van der Waals surface area contributed by atoms with Gasteiger partial charge in [-0.2, -0.15) is 0 Å². The van der Waals surface area contributed by atoms with Crippen LogP contribution < -0.4 is 11.3 Å². The first-order chi connectivity index (χ1) is 5.27. The van der Waals surface area contributed by atoms with Crippen LogP contribution in [0.15, 0.2) is 23.1 Å². The van der Waals surface area contributed by atoms with E-state index in [1.807, 2.05) is 6.92 Å². The van der Waals surface area contributed by atoms with Gasteiger partial charge in [-0.3, -0.25) is 4.79 Å². The van der Waals surface area contributed by atoms with Crippen molar-refractivity contribution in [1.29, 1.82) is 0 Å². The molecule has 0 fully saturated rings. The Kier molecular flexibility index (Phi) is 2.44. The minimum absolute atomic E-state index is 0.0321. The van der Waals surface area contributed by atoms with Crippen LogP contribution in [-0.4, -0.2) is 4.57 Å². The SMILES string of the molecule is CCn1cc(CN)ccc1=O. The molecule has 0 aromatic carbocycles. The van der Waals surface area contributed by atoms with Gasteiger partial charge >= 0.3 is 0 Å². The standard InChI is InChI=1S/C8H12N2O/c1-2-10-6-7(5-9)3-4-8(10)11/h3-4,6H,2,5,9H2,1H3. The van der Waals surface area contributed by atoms with Crippen molar-refractivity contribution in [3.63, 3.8) is 0 Å². The normalized spacial score (nSPS) is 10.0. The smallest absolute Gasteiger partial charge is 0.250 e. The van der Waals surface area contributed by atoms with E-state index in [-0.39, 0.29) is 5.56 Å². The second-order valence-corrected chi connectivity index (χ2v) is 2.37. The molecule has 1 aromatic heterocycles. The average Bonchev–Trinajstić information content (AvgIpc) is 2.05. The van der Waals surface area contributed by atoms with Crippen LogP contribution in [0.4, 0.5) is 0 Å². The van der Waals surface area contributed by atoms with Gasteiger partial charge in [0.2, 0.25) is 0 Å². The summed E-state index contributed by atoms with van der Waals surface area (Å²) in [6.07, 6.45) is 1.79. The van der Waals surface area contributed by atoms with Gasteiger partial charge < -0.3 is 10.3 Å². The second-order valence-electron chi connectivity index (χ2n) is 2.37. The summed E-state index contributed by atoms with van der Waals surface area (Å²) in [5.41, 5.74) is 6.43. The zero-order chi connectivity index (χ0) is 8.27. The summed E-state index contributed by atoms with van der Waals surface area (Å²) in [6.45, 7) is 3.12. The van der Waals surface area contributed by atoms with E-state index in [1.165, 1.54) is 0 Å². The van der Waals surface area contributed by atoms with Gasteiger partial charge in [0.05, 0.1) is 0 Å². The molecule has 0 aliphatic heterocycles. The van der Waals surface area contributed by atoms with Gasteiger partial charge in [0.15, 0.2) is 0 Å². The molecule has 0 atom stereocenters. The first-order valence-corrected chi connectivity index (χ1v) is 3.67. The first kappa shape index (κ1) is 8.01. The summed E-state index contributed by atoms with van der Waals surface area (Å²) in [5.74, 6) is 0. The van der Waals surface area contributed by atoms with Crippen LogP contribution in [0.5, 0.6) is 0 Å². The van der Waals surface area contributed by atoms with E-state index in [0.29, 0.717) is 13.1 Å². The fourth-order valence-corrected chi connectivity index (χ4v) is 0.949. The molecule has 0 bridgehead atoms. The van der Waals surface area contributed by atoms with Crippen molar-refractivity contribution < 1.29 is 0 Å². The number of pyridine rings is 1. The molecular formula is C8H12N2O. The highest BCUT2D eigenvalue weighted by Crippen LogP contribution is 1.92. The highest BCUT2D eigenvalue weighted by molar-refractivity contribution is 5.09. The molecule has 0 amide bonds. The van der Waals surface area contributed by atoms with Crippen LogP contribution in [0.1, 0.15) is 12.5 Å². The highest BCUT2D eigenvalue weighted by Gasteiger charge is 1.93. The van der Waals surface area contributed by atoms with Crippen molar-refractivity contribution in [2.75, 3.05) is 0 Å². The summed E-state index contributed by atoms with van der Waals surface area (Å²) in [5, 5.41) is 0.